The van der Waals surface area contributed by atoms with Gasteiger partial charge in [-0.3, -0.25) is 9.78 Å². The maximum absolute atomic E-state index is 11.8. The van der Waals surface area contributed by atoms with Crippen molar-refractivity contribution in [1.29, 1.82) is 0 Å². The van der Waals surface area contributed by atoms with Crippen LogP contribution in [0.15, 0.2) is 42.6 Å². The first kappa shape index (κ1) is 17.7. The number of esters is 1. The highest BCUT2D eigenvalue weighted by atomic mass is 16.5. The molecule has 0 spiro atoms. The first-order chi connectivity index (χ1) is 11.5. The Morgan fingerprint density at radius 1 is 1.21 bits per heavy atom. The molecule has 5 nitrogen and oxygen atoms in total. The highest BCUT2D eigenvalue weighted by Crippen LogP contribution is 2.17. The molecule has 0 unspecified atom stereocenters. The molecular formula is C19H22N2O3. The molecule has 5 heteroatoms. The van der Waals surface area contributed by atoms with E-state index in [4.69, 9.17) is 4.74 Å². The van der Waals surface area contributed by atoms with E-state index in [1.54, 1.807) is 12.3 Å². The molecule has 126 valence electrons. The van der Waals surface area contributed by atoms with Crippen molar-refractivity contribution in [3.05, 3.63) is 48.2 Å². The highest BCUT2D eigenvalue weighted by Gasteiger charge is 2.11. The predicted octanol–water partition coefficient (Wildman–Crippen LogP) is 2.95. The first-order valence-corrected chi connectivity index (χ1v) is 7.95. The van der Waals surface area contributed by atoms with E-state index < -0.39 is 5.97 Å². The molecule has 0 saturated carbocycles. The molecule has 0 fully saturated rings. The maximum atomic E-state index is 11.8. The Morgan fingerprint density at radius 3 is 2.71 bits per heavy atom. The van der Waals surface area contributed by atoms with E-state index in [0.717, 1.165) is 16.5 Å². The van der Waals surface area contributed by atoms with Crippen LogP contribution in [0.25, 0.3) is 17.0 Å². The molecule has 1 heterocycles. The van der Waals surface area contributed by atoms with Crippen LogP contribution in [-0.4, -0.2) is 29.5 Å². The number of benzene rings is 1. The van der Waals surface area contributed by atoms with Crippen molar-refractivity contribution < 1.29 is 14.3 Å². The molecule has 1 N–H and O–H groups in total. The fraction of sp³-hybridized carbons (Fsp3) is 0.316. The molecule has 1 amide bonds. The molecule has 0 aliphatic carbocycles. The monoisotopic (exact) mass is 326 g/mol. The van der Waals surface area contributed by atoms with Gasteiger partial charge in [0.25, 0.3) is 5.91 Å². The third-order valence-electron chi connectivity index (χ3n) is 3.80. The number of carbonyl (C=O) groups excluding carboxylic acids is 2. The largest absolute Gasteiger partial charge is 0.452 e. The van der Waals surface area contributed by atoms with Crippen LogP contribution >= 0.6 is 0 Å². The van der Waals surface area contributed by atoms with Gasteiger partial charge < -0.3 is 10.1 Å². The van der Waals surface area contributed by atoms with E-state index in [1.807, 2.05) is 51.1 Å². The van der Waals surface area contributed by atoms with Crippen molar-refractivity contribution in [3.8, 4) is 0 Å². The minimum absolute atomic E-state index is 0.0356. The quantitative estimate of drug-likeness (QED) is 0.654. The van der Waals surface area contributed by atoms with Crippen LogP contribution in [0.1, 0.15) is 26.3 Å². The Morgan fingerprint density at radius 2 is 1.96 bits per heavy atom. The second kappa shape index (κ2) is 8.24. The third kappa shape index (κ3) is 4.91. The summed E-state index contributed by atoms with van der Waals surface area (Å²) in [6.45, 7) is 5.65. The van der Waals surface area contributed by atoms with E-state index in [9.17, 15) is 9.59 Å². The summed E-state index contributed by atoms with van der Waals surface area (Å²) in [4.78, 5) is 27.8. The highest BCUT2D eigenvalue weighted by molar-refractivity contribution is 5.93. The van der Waals surface area contributed by atoms with Crippen molar-refractivity contribution in [2.24, 2.45) is 5.92 Å². The van der Waals surface area contributed by atoms with Gasteiger partial charge in [0.05, 0.1) is 5.52 Å². The van der Waals surface area contributed by atoms with Gasteiger partial charge in [0.15, 0.2) is 6.61 Å². The predicted molar refractivity (Wildman–Crippen MR) is 94.2 cm³/mol. The average molecular weight is 326 g/mol. The zero-order valence-electron chi connectivity index (χ0n) is 14.2. The topological polar surface area (TPSA) is 68.3 Å². The van der Waals surface area contributed by atoms with Crippen LogP contribution in [0, 0.1) is 5.92 Å². The number of pyridine rings is 1. The van der Waals surface area contributed by atoms with Crippen LogP contribution in [0.5, 0.6) is 0 Å². The Labute approximate surface area is 141 Å². The standard InChI is InChI=1S/C19H22N2O3/c1-13(2)14(3)21-17(22)12-24-18(23)10-9-16-7-4-6-15-8-5-11-20-19(15)16/h4-11,13-14H,12H2,1-3H3,(H,21,22)/b10-9-/t14-/m0/s1. The lowest BCUT2D eigenvalue weighted by Crippen LogP contribution is -2.38. The van der Waals surface area contributed by atoms with Gasteiger partial charge in [-0.15, -0.1) is 0 Å². The van der Waals surface area contributed by atoms with Gasteiger partial charge in [0, 0.05) is 29.3 Å². The zero-order valence-corrected chi connectivity index (χ0v) is 14.2. The zero-order chi connectivity index (χ0) is 17.5. The molecule has 2 aromatic rings. The normalized spacial score (nSPS) is 12.5. The summed E-state index contributed by atoms with van der Waals surface area (Å²) in [5, 5.41) is 3.78. The minimum Gasteiger partial charge on any atom is -0.452 e. The number of hydrogen-bond donors (Lipinski definition) is 1. The van der Waals surface area contributed by atoms with E-state index in [1.165, 1.54) is 6.08 Å². The van der Waals surface area contributed by atoms with E-state index in [-0.39, 0.29) is 18.6 Å². The van der Waals surface area contributed by atoms with E-state index in [2.05, 4.69) is 10.3 Å². The molecule has 0 aliphatic heterocycles. The van der Waals surface area contributed by atoms with Gasteiger partial charge >= 0.3 is 5.97 Å². The molecule has 0 bridgehead atoms. The van der Waals surface area contributed by atoms with E-state index in [0.29, 0.717) is 5.92 Å². The molecule has 1 aromatic heterocycles. The first-order valence-electron chi connectivity index (χ1n) is 7.95. The van der Waals surface area contributed by atoms with Crippen LogP contribution in [0.3, 0.4) is 0 Å². The minimum atomic E-state index is -0.560. The molecule has 2 rings (SSSR count). The van der Waals surface area contributed by atoms with Crippen molar-refractivity contribution in [2.45, 2.75) is 26.8 Å². The number of hydrogen-bond acceptors (Lipinski definition) is 4. The van der Waals surface area contributed by atoms with Crippen molar-refractivity contribution in [1.82, 2.24) is 10.3 Å². The van der Waals surface area contributed by atoms with Crippen LogP contribution in [-0.2, 0) is 14.3 Å². The van der Waals surface area contributed by atoms with Gasteiger partial charge in [-0.2, -0.15) is 0 Å². The number of para-hydroxylation sites is 1. The fourth-order valence-corrected chi connectivity index (χ4v) is 2.07. The lowest BCUT2D eigenvalue weighted by molar-refractivity contribution is -0.144. The second-order valence-electron chi connectivity index (χ2n) is 5.96. The molecule has 24 heavy (non-hydrogen) atoms. The number of nitrogens with zero attached hydrogens (tertiary/aromatic N) is 1. The third-order valence-corrected chi connectivity index (χ3v) is 3.80. The Balaban J connectivity index is 1.92. The summed E-state index contributed by atoms with van der Waals surface area (Å²) >= 11 is 0. The molecule has 0 aliphatic rings. The molecule has 0 saturated heterocycles. The van der Waals surface area contributed by atoms with Crippen molar-refractivity contribution in [3.63, 3.8) is 0 Å². The number of aromatic nitrogens is 1. The smallest absolute Gasteiger partial charge is 0.331 e. The number of carbonyl (C=O) groups is 2. The van der Waals surface area contributed by atoms with Gasteiger partial charge in [0.2, 0.25) is 0 Å². The van der Waals surface area contributed by atoms with Crippen LogP contribution in [0.4, 0.5) is 0 Å². The van der Waals surface area contributed by atoms with Gasteiger partial charge in [-0.1, -0.05) is 38.1 Å². The molecule has 1 aromatic carbocycles. The fourth-order valence-electron chi connectivity index (χ4n) is 2.07. The number of ether oxygens (including phenoxy) is 1. The summed E-state index contributed by atoms with van der Waals surface area (Å²) in [6.07, 6.45) is 4.66. The average Bonchev–Trinajstić information content (AvgIpc) is 2.57. The summed E-state index contributed by atoms with van der Waals surface area (Å²) in [7, 11) is 0. The van der Waals surface area contributed by atoms with Gasteiger partial charge in [-0.05, 0) is 25.0 Å². The van der Waals surface area contributed by atoms with Crippen molar-refractivity contribution in [2.75, 3.05) is 6.61 Å². The van der Waals surface area contributed by atoms with Crippen LogP contribution < -0.4 is 5.32 Å². The summed E-state index contributed by atoms with van der Waals surface area (Å²) in [5.41, 5.74) is 1.63. The molecule has 1 atom stereocenters. The van der Waals surface area contributed by atoms with E-state index >= 15 is 0 Å². The maximum Gasteiger partial charge on any atom is 0.331 e. The second-order valence-corrected chi connectivity index (χ2v) is 5.96. The molecule has 0 radical (unpaired) electrons. The Kier molecular flexibility index (Phi) is 6.07. The molecular weight excluding hydrogens is 304 g/mol. The number of fused-ring (bicyclic) bond motifs is 1. The van der Waals surface area contributed by atoms with Gasteiger partial charge in [0.1, 0.15) is 0 Å². The number of nitrogens with one attached hydrogen (secondary N) is 1. The number of amides is 1. The lowest BCUT2D eigenvalue weighted by atomic mass is 10.1. The summed E-state index contributed by atoms with van der Waals surface area (Å²) in [5.74, 6) is -0.538. The lowest BCUT2D eigenvalue weighted by Gasteiger charge is -2.16. The summed E-state index contributed by atoms with van der Waals surface area (Å²) < 4.78 is 4.96. The Bertz CT molecular complexity index is 748. The van der Waals surface area contributed by atoms with Gasteiger partial charge in [-0.25, -0.2) is 4.79 Å². The van der Waals surface area contributed by atoms with Crippen molar-refractivity contribution >= 4 is 28.9 Å². The number of rotatable bonds is 6. The summed E-state index contributed by atoms with van der Waals surface area (Å²) in [6, 6.07) is 9.58. The van der Waals surface area contributed by atoms with Crippen LogP contribution in [0.2, 0.25) is 0 Å². The Hall–Kier alpha value is -2.69. The SMILES string of the molecule is CC(C)[C@H](C)NC(=O)COC(=O)/C=C\c1cccc2cccnc12.